The molecule has 0 aliphatic carbocycles. The fourth-order valence-corrected chi connectivity index (χ4v) is 2.02. The molecule has 0 spiro atoms. The normalized spacial score (nSPS) is 11.1. The van der Waals surface area contributed by atoms with Crippen LogP contribution in [0.25, 0.3) is 0 Å². The minimum Gasteiger partial charge on any atom is -0.389 e. The molecule has 0 unspecified atom stereocenters. The van der Waals surface area contributed by atoms with E-state index in [4.69, 9.17) is 11.0 Å². The average Bonchev–Trinajstić information content (AvgIpc) is 2.73. The van der Waals surface area contributed by atoms with Gasteiger partial charge in [-0.15, -0.1) is 0 Å². The van der Waals surface area contributed by atoms with Crippen LogP contribution in [0.15, 0.2) is 24.4 Å². The number of hydrogen-bond acceptors (Lipinski definition) is 5. The SMILES string of the molecule is N#Cc1ccc(Nc2ncc(N)s2)cc1C(F)(F)F. The molecule has 2 aromatic rings. The van der Waals surface area contributed by atoms with Crippen LogP contribution < -0.4 is 11.1 Å². The number of halogens is 3. The van der Waals surface area contributed by atoms with Crippen molar-refractivity contribution in [2.75, 3.05) is 11.1 Å². The Labute approximate surface area is 110 Å². The third-order valence-corrected chi connectivity index (χ3v) is 2.96. The molecular weight excluding hydrogens is 277 g/mol. The van der Waals surface area contributed by atoms with Crippen molar-refractivity contribution in [3.05, 3.63) is 35.5 Å². The Morgan fingerprint density at radius 3 is 2.63 bits per heavy atom. The number of rotatable bonds is 2. The van der Waals surface area contributed by atoms with Gasteiger partial charge in [0.15, 0.2) is 5.13 Å². The highest BCUT2D eigenvalue weighted by molar-refractivity contribution is 7.19. The van der Waals surface area contributed by atoms with E-state index >= 15 is 0 Å². The molecule has 19 heavy (non-hydrogen) atoms. The van der Waals surface area contributed by atoms with Crippen molar-refractivity contribution >= 4 is 27.2 Å². The minimum atomic E-state index is -4.58. The number of thiazole rings is 1. The summed E-state index contributed by atoms with van der Waals surface area (Å²) in [6, 6.07) is 4.88. The van der Waals surface area contributed by atoms with Crippen molar-refractivity contribution in [3.8, 4) is 6.07 Å². The lowest BCUT2D eigenvalue weighted by atomic mass is 10.1. The number of anilines is 3. The molecule has 8 heteroatoms. The summed E-state index contributed by atoms with van der Waals surface area (Å²) in [6.07, 6.45) is -3.17. The van der Waals surface area contributed by atoms with E-state index in [9.17, 15) is 13.2 Å². The fraction of sp³-hybridized carbons (Fsp3) is 0.0909. The summed E-state index contributed by atoms with van der Waals surface area (Å²) in [6.45, 7) is 0. The van der Waals surface area contributed by atoms with Crippen LogP contribution in [0.1, 0.15) is 11.1 Å². The van der Waals surface area contributed by atoms with Crippen LogP contribution in [0.5, 0.6) is 0 Å². The second kappa shape index (κ2) is 4.78. The van der Waals surface area contributed by atoms with Crippen molar-refractivity contribution in [1.82, 2.24) is 4.98 Å². The summed E-state index contributed by atoms with van der Waals surface area (Å²) in [5, 5.41) is 12.2. The lowest BCUT2D eigenvalue weighted by Gasteiger charge is -2.11. The van der Waals surface area contributed by atoms with Gasteiger partial charge in [-0.1, -0.05) is 11.3 Å². The summed E-state index contributed by atoms with van der Waals surface area (Å²) in [5.74, 6) is 0. The van der Waals surface area contributed by atoms with Gasteiger partial charge < -0.3 is 11.1 Å². The first-order valence-corrected chi connectivity index (χ1v) is 5.81. The van der Waals surface area contributed by atoms with E-state index in [2.05, 4.69) is 10.3 Å². The second-order valence-corrected chi connectivity index (χ2v) is 4.62. The van der Waals surface area contributed by atoms with E-state index in [1.807, 2.05) is 0 Å². The fourth-order valence-electron chi connectivity index (χ4n) is 1.42. The smallest absolute Gasteiger partial charge is 0.389 e. The van der Waals surface area contributed by atoms with Gasteiger partial charge in [-0.05, 0) is 18.2 Å². The molecule has 0 amide bonds. The van der Waals surface area contributed by atoms with E-state index in [1.165, 1.54) is 18.3 Å². The molecule has 0 fully saturated rings. The van der Waals surface area contributed by atoms with E-state index in [-0.39, 0.29) is 5.69 Å². The molecule has 0 aliphatic heterocycles. The van der Waals surface area contributed by atoms with Crippen LogP contribution in [0, 0.1) is 11.3 Å². The highest BCUT2D eigenvalue weighted by atomic mass is 32.1. The van der Waals surface area contributed by atoms with Gasteiger partial charge in [-0.2, -0.15) is 18.4 Å². The Morgan fingerprint density at radius 1 is 1.37 bits per heavy atom. The standard InChI is InChI=1S/C11H7F3N4S/c12-11(13,14)8-3-7(2-1-6(8)4-15)18-10-17-5-9(16)19-10/h1-3,5H,16H2,(H,17,18). The van der Waals surface area contributed by atoms with Gasteiger partial charge in [0.05, 0.1) is 23.4 Å². The minimum absolute atomic E-state index is 0.195. The van der Waals surface area contributed by atoms with Crippen molar-refractivity contribution < 1.29 is 13.2 Å². The number of benzene rings is 1. The van der Waals surface area contributed by atoms with Crippen LogP contribution in [0.2, 0.25) is 0 Å². The number of alkyl halides is 3. The topological polar surface area (TPSA) is 74.7 Å². The summed E-state index contributed by atoms with van der Waals surface area (Å²) >= 11 is 1.12. The van der Waals surface area contributed by atoms with Crippen LogP contribution in [0.4, 0.5) is 29.0 Å². The van der Waals surface area contributed by atoms with E-state index in [0.29, 0.717) is 10.1 Å². The van der Waals surface area contributed by atoms with Gasteiger partial charge in [0.1, 0.15) is 5.00 Å². The lowest BCUT2D eigenvalue weighted by Crippen LogP contribution is -2.08. The number of nitrogens with one attached hydrogen (secondary N) is 1. The lowest BCUT2D eigenvalue weighted by molar-refractivity contribution is -0.137. The van der Waals surface area contributed by atoms with E-state index < -0.39 is 17.3 Å². The number of nitrogens with zero attached hydrogens (tertiary/aromatic N) is 2. The number of nitrogen functional groups attached to an aromatic ring is 1. The maximum Gasteiger partial charge on any atom is 0.417 e. The third kappa shape index (κ3) is 2.95. The molecule has 3 N–H and O–H groups in total. The quantitative estimate of drug-likeness (QED) is 0.886. The average molecular weight is 284 g/mol. The number of nitriles is 1. The Balaban J connectivity index is 2.36. The summed E-state index contributed by atoms with van der Waals surface area (Å²) in [7, 11) is 0. The van der Waals surface area contributed by atoms with Crippen LogP contribution in [-0.2, 0) is 6.18 Å². The molecule has 1 aromatic heterocycles. The molecule has 0 radical (unpaired) electrons. The van der Waals surface area contributed by atoms with Crippen LogP contribution in [-0.4, -0.2) is 4.98 Å². The molecule has 0 bridgehead atoms. The molecule has 4 nitrogen and oxygen atoms in total. The first kappa shape index (κ1) is 13.2. The zero-order valence-electron chi connectivity index (χ0n) is 9.32. The first-order valence-electron chi connectivity index (χ1n) is 5.00. The molecule has 0 aliphatic rings. The summed E-state index contributed by atoms with van der Waals surface area (Å²) in [4.78, 5) is 3.88. The highest BCUT2D eigenvalue weighted by Gasteiger charge is 2.33. The molecule has 1 heterocycles. The van der Waals surface area contributed by atoms with E-state index in [1.54, 1.807) is 0 Å². The molecule has 2 rings (SSSR count). The van der Waals surface area contributed by atoms with Gasteiger partial charge in [0.2, 0.25) is 0 Å². The predicted molar refractivity (Wildman–Crippen MR) is 66.0 cm³/mol. The molecule has 0 saturated heterocycles. The van der Waals surface area contributed by atoms with Gasteiger partial charge >= 0.3 is 6.18 Å². The van der Waals surface area contributed by atoms with Crippen molar-refractivity contribution in [1.29, 1.82) is 5.26 Å². The Morgan fingerprint density at radius 2 is 2.11 bits per heavy atom. The highest BCUT2D eigenvalue weighted by Crippen LogP contribution is 2.34. The number of nitrogens with two attached hydrogens (primary N) is 1. The Kier molecular flexibility index (Phi) is 3.31. The van der Waals surface area contributed by atoms with Gasteiger partial charge in [-0.25, -0.2) is 4.98 Å². The van der Waals surface area contributed by atoms with Crippen molar-refractivity contribution in [2.45, 2.75) is 6.18 Å². The maximum atomic E-state index is 12.7. The van der Waals surface area contributed by atoms with Crippen LogP contribution >= 0.6 is 11.3 Å². The molecule has 0 saturated carbocycles. The Hall–Kier alpha value is -2.27. The Bertz CT molecular complexity index is 642. The molecule has 98 valence electrons. The zero-order valence-corrected chi connectivity index (χ0v) is 10.1. The van der Waals surface area contributed by atoms with Crippen molar-refractivity contribution in [3.63, 3.8) is 0 Å². The largest absolute Gasteiger partial charge is 0.417 e. The summed E-state index contributed by atoms with van der Waals surface area (Å²) in [5.41, 5.74) is 4.26. The zero-order chi connectivity index (χ0) is 14.0. The van der Waals surface area contributed by atoms with Crippen LogP contribution in [0.3, 0.4) is 0 Å². The third-order valence-electron chi connectivity index (χ3n) is 2.22. The maximum absolute atomic E-state index is 12.7. The molecule has 1 aromatic carbocycles. The van der Waals surface area contributed by atoms with E-state index in [0.717, 1.165) is 23.5 Å². The van der Waals surface area contributed by atoms with Gasteiger partial charge in [-0.3, -0.25) is 0 Å². The predicted octanol–water partition coefficient (Wildman–Crippen LogP) is 3.36. The summed E-state index contributed by atoms with van der Waals surface area (Å²) < 4.78 is 38.2. The molecule has 0 atom stereocenters. The second-order valence-electron chi connectivity index (χ2n) is 3.56. The van der Waals surface area contributed by atoms with Gasteiger partial charge in [0.25, 0.3) is 0 Å². The number of hydrogen-bond donors (Lipinski definition) is 2. The molecular formula is C11H7F3N4S. The first-order chi connectivity index (χ1) is 8.90. The number of aromatic nitrogens is 1. The monoisotopic (exact) mass is 284 g/mol. The van der Waals surface area contributed by atoms with Crippen molar-refractivity contribution in [2.24, 2.45) is 0 Å². The van der Waals surface area contributed by atoms with Gasteiger partial charge in [0, 0.05) is 5.69 Å².